The van der Waals surface area contributed by atoms with Crippen LogP contribution in [0.25, 0.3) is 0 Å². The summed E-state index contributed by atoms with van der Waals surface area (Å²) in [4.78, 5) is 0. The summed E-state index contributed by atoms with van der Waals surface area (Å²) in [6.45, 7) is 0.560. The average Bonchev–Trinajstić information content (AvgIpc) is 2.40. The number of hydrogen-bond donors (Lipinski definition) is 2. The van der Waals surface area contributed by atoms with Gasteiger partial charge in [0.05, 0.1) is 23.2 Å². The molecule has 2 rings (SSSR count). The Hall–Kier alpha value is -0.210. The number of halogens is 3. The highest BCUT2D eigenvalue weighted by atomic mass is 79.9. The Morgan fingerprint density at radius 2 is 2.28 bits per heavy atom. The van der Waals surface area contributed by atoms with Crippen molar-refractivity contribution in [3.05, 3.63) is 33.8 Å². The van der Waals surface area contributed by atoms with Crippen LogP contribution >= 0.6 is 27.7 Å². The maximum absolute atomic E-state index is 14.0. The van der Waals surface area contributed by atoms with E-state index in [9.17, 15) is 8.78 Å². The highest BCUT2D eigenvalue weighted by molar-refractivity contribution is 9.10. The molecule has 1 aliphatic heterocycles. The van der Waals surface area contributed by atoms with Gasteiger partial charge in [-0.2, -0.15) is 11.8 Å². The molecular formula is C11H13BrF2N2OS. The quantitative estimate of drug-likeness (QED) is 0.504. The van der Waals surface area contributed by atoms with Crippen molar-refractivity contribution in [2.24, 2.45) is 5.84 Å². The summed E-state index contributed by atoms with van der Waals surface area (Å²) in [5, 5.41) is 0. The van der Waals surface area contributed by atoms with Gasteiger partial charge in [-0.1, -0.05) is 0 Å². The first-order valence-corrected chi connectivity index (χ1v) is 7.38. The van der Waals surface area contributed by atoms with Crippen LogP contribution in [0.1, 0.15) is 11.6 Å². The summed E-state index contributed by atoms with van der Waals surface area (Å²) in [5.74, 6) is 5.71. The van der Waals surface area contributed by atoms with E-state index in [1.807, 2.05) is 0 Å². The number of hydrazine groups is 1. The van der Waals surface area contributed by atoms with Crippen molar-refractivity contribution in [2.45, 2.75) is 12.1 Å². The molecule has 0 aliphatic carbocycles. The van der Waals surface area contributed by atoms with E-state index in [-0.39, 0.29) is 16.1 Å². The van der Waals surface area contributed by atoms with Gasteiger partial charge in [-0.3, -0.25) is 11.3 Å². The van der Waals surface area contributed by atoms with Crippen LogP contribution in [0.5, 0.6) is 0 Å². The molecule has 7 heteroatoms. The summed E-state index contributed by atoms with van der Waals surface area (Å²) in [6, 6.07) is 1.84. The molecule has 1 aromatic carbocycles. The molecule has 100 valence electrons. The Labute approximate surface area is 117 Å². The Morgan fingerprint density at radius 3 is 2.89 bits per heavy atom. The third-order valence-electron chi connectivity index (χ3n) is 2.78. The standard InChI is InChI=1S/C11H13BrF2N2OS/c12-6-1-2-7(13)9(10(6)14)11(16-15)8-5-18-4-3-17-8/h1-2,8,11,16H,3-5,15H2. The zero-order valence-corrected chi connectivity index (χ0v) is 11.9. The second-order valence-electron chi connectivity index (χ2n) is 3.89. The Kier molecular flexibility index (Phi) is 4.97. The lowest BCUT2D eigenvalue weighted by Crippen LogP contribution is -2.42. The monoisotopic (exact) mass is 338 g/mol. The lowest BCUT2D eigenvalue weighted by atomic mass is 10.0. The predicted molar refractivity (Wildman–Crippen MR) is 71.2 cm³/mol. The van der Waals surface area contributed by atoms with Gasteiger partial charge in [0.1, 0.15) is 11.6 Å². The first-order chi connectivity index (χ1) is 8.65. The summed E-state index contributed by atoms with van der Waals surface area (Å²) in [7, 11) is 0. The first kappa shape index (κ1) is 14.2. The van der Waals surface area contributed by atoms with E-state index < -0.39 is 17.7 Å². The van der Waals surface area contributed by atoms with Crippen molar-refractivity contribution in [2.75, 3.05) is 18.1 Å². The number of nitrogens with one attached hydrogen (secondary N) is 1. The van der Waals surface area contributed by atoms with Crippen molar-refractivity contribution in [3.63, 3.8) is 0 Å². The number of hydrogen-bond acceptors (Lipinski definition) is 4. The lowest BCUT2D eigenvalue weighted by molar-refractivity contribution is 0.0448. The van der Waals surface area contributed by atoms with E-state index in [1.54, 1.807) is 11.8 Å². The van der Waals surface area contributed by atoms with Crippen LogP contribution in [-0.2, 0) is 4.74 Å². The van der Waals surface area contributed by atoms with Crippen LogP contribution in [0.15, 0.2) is 16.6 Å². The van der Waals surface area contributed by atoms with Crippen molar-refractivity contribution in [1.29, 1.82) is 0 Å². The van der Waals surface area contributed by atoms with Gasteiger partial charge in [0.2, 0.25) is 0 Å². The van der Waals surface area contributed by atoms with E-state index in [0.29, 0.717) is 12.4 Å². The van der Waals surface area contributed by atoms with E-state index in [4.69, 9.17) is 10.6 Å². The molecule has 1 aromatic rings. The minimum atomic E-state index is -0.699. The number of nitrogens with two attached hydrogens (primary N) is 1. The molecule has 0 bridgehead atoms. The molecule has 0 spiro atoms. The van der Waals surface area contributed by atoms with Crippen molar-refractivity contribution < 1.29 is 13.5 Å². The molecule has 0 radical (unpaired) electrons. The third-order valence-corrected chi connectivity index (χ3v) is 4.42. The summed E-state index contributed by atoms with van der Waals surface area (Å²) < 4.78 is 33.5. The molecule has 0 aromatic heterocycles. The zero-order valence-electron chi connectivity index (χ0n) is 9.46. The second-order valence-corrected chi connectivity index (χ2v) is 5.89. The van der Waals surface area contributed by atoms with Gasteiger partial charge in [-0.25, -0.2) is 8.78 Å². The molecule has 2 unspecified atom stereocenters. The second kappa shape index (κ2) is 6.29. The molecule has 0 amide bonds. The predicted octanol–water partition coefficient (Wildman–Crippen LogP) is 2.36. The zero-order chi connectivity index (χ0) is 13.1. The van der Waals surface area contributed by atoms with E-state index >= 15 is 0 Å². The summed E-state index contributed by atoms with van der Waals surface area (Å²) in [5.41, 5.74) is 2.37. The first-order valence-electron chi connectivity index (χ1n) is 5.44. The maximum atomic E-state index is 14.0. The Bertz CT molecular complexity index is 430. The van der Waals surface area contributed by atoms with Crippen LogP contribution in [0.4, 0.5) is 8.78 Å². The largest absolute Gasteiger partial charge is 0.374 e. The van der Waals surface area contributed by atoms with Crippen molar-refractivity contribution in [3.8, 4) is 0 Å². The minimum absolute atomic E-state index is 0.0839. The van der Waals surface area contributed by atoms with Crippen LogP contribution in [0.3, 0.4) is 0 Å². The molecule has 3 nitrogen and oxygen atoms in total. The average molecular weight is 339 g/mol. The van der Waals surface area contributed by atoms with Crippen LogP contribution < -0.4 is 11.3 Å². The van der Waals surface area contributed by atoms with Crippen molar-refractivity contribution in [1.82, 2.24) is 5.43 Å². The van der Waals surface area contributed by atoms with Crippen LogP contribution in [-0.4, -0.2) is 24.2 Å². The normalized spacial score (nSPS) is 21.9. The Balaban J connectivity index is 2.34. The number of benzene rings is 1. The van der Waals surface area contributed by atoms with Gasteiger partial charge in [0, 0.05) is 17.1 Å². The molecule has 2 atom stereocenters. The fraction of sp³-hybridized carbons (Fsp3) is 0.455. The van der Waals surface area contributed by atoms with Gasteiger partial charge in [0.15, 0.2) is 0 Å². The maximum Gasteiger partial charge on any atom is 0.145 e. The molecule has 1 heterocycles. The van der Waals surface area contributed by atoms with E-state index in [0.717, 1.165) is 5.75 Å². The number of rotatable bonds is 3. The minimum Gasteiger partial charge on any atom is -0.374 e. The van der Waals surface area contributed by atoms with Gasteiger partial charge >= 0.3 is 0 Å². The van der Waals surface area contributed by atoms with E-state index in [1.165, 1.54) is 12.1 Å². The molecule has 1 aliphatic rings. The highest BCUT2D eigenvalue weighted by Gasteiger charge is 2.30. The smallest absolute Gasteiger partial charge is 0.145 e. The molecule has 1 fully saturated rings. The molecule has 1 saturated heterocycles. The lowest BCUT2D eigenvalue weighted by Gasteiger charge is -2.30. The van der Waals surface area contributed by atoms with Crippen LogP contribution in [0.2, 0.25) is 0 Å². The molecule has 3 N–H and O–H groups in total. The fourth-order valence-corrected chi connectivity index (χ4v) is 3.15. The van der Waals surface area contributed by atoms with Crippen LogP contribution in [0, 0.1) is 11.6 Å². The third kappa shape index (κ3) is 2.85. The van der Waals surface area contributed by atoms with Crippen molar-refractivity contribution >= 4 is 27.7 Å². The van der Waals surface area contributed by atoms with Gasteiger partial charge in [0.25, 0.3) is 0 Å². The number of ether oxygens (including phenoxy) is 1. The molecule has 0 saturated carbocycles. The highest BCUT2D eigenvalue weighted by Crippen LogP contribution is 2.31. The van der Waals surface area contributed by atoms with Gasteiger partial charge < -0.3 is 4.74 Å². The summed E-state index contributed by atoms with van der Waals surface area (Å²) in [6.07, 6.45) is -0.341. The fourth-order valence-electron chi connectivity index (χ4n) is 1.90. The SMILES string of the molecule is NNC(c1c(F)ccc(Br)c1F)C1CSCCO1. The van der Waals surface area contributed by atoms with Gasteiger partial charge in [-0.05, 0) is 28.1 Å². The van der Waals surface area contributed by atoms with E-state index in [2.05, 4.69) is 21.4 Å². The Morgan fingerprint density at radius 1 is 1.50 bits per heavy atom. The molecular weight excluding hydrogens is 326 g/mol. The summed E-state index contributed by atoms with van der Waals surface area (Å²) >= 11 is 4.73. The number of thioether (sulfide) groups is 1. The van der Waals surface area contributed by atoms with Gasteiger partial charge in [-0.15, -0.1) is 0 Å². The topological polar surface area (TPSA) is 47.3 Å². The molecule has 18 heavy (non-hydrogen) atoms.